The van der Waals surface area contributed by atoms with Crippen LogP contribution in [0.15, 0.2) is 0 Å². The van der Waals surface area contributed by atoms with Crippen LogP contribution in [-0.2, 0) is 0 Å². The highest BCUT2D eigenvalue weighted by Crippen LogP contribution is 2.65. The van der Waals surface area contributed by atoms with E-state index in [2.05, 4.69) is 20.8 Å². The first kappa shape index (κ1) is 16.1. The van der Waals surface area contributed by atoms with Gasteiger partial charge in [0.1, 0.15) is 0 Å². The minimum Gasteiger partial charge on any atom is -0.302 e. The molecule has 3 fully saturated rings. The minimum absolute atomic E-state index is 0.0441. The van der Waals surface area contributed by atoms with Gasteiger partial charge in [0.25, 0.3) is 11.8 Å². The van der Waals surface area contributed by atoms with Crippen LogP contribution >= 0.6 is 0 Å². The summed E-state index contributed by atoms with van der Waals surface area (Å²) in [5.41, 5.74) is -0.850. The predicted octanol–water partition coefficient (Wildman–Crippen LogP) is 4.43. The van der Waals surface area contributed by atoms with E-state index in [-0.39, 0.29) is 12.8 Å². The number of hydrogen-bond acceptors (Lipinski definition) is 1. The molecule has 0 bridgehead atoms. The van der Waals surface area contributed by atoms with Gasteiger partial charge in [-0.3, -0.25) is 0 Å². The number of nitrogens with zero attached hydrogens (tertiary/aromatic N) is 1. The zero-order chi connectivity index (χ0) is 15.2. The third-order valence-corrected chi connectivity index (χ3v) is 4.89. The molecule has 2 saturated carbocycles. The smallest absolute Gasteiger partial charge is 0.255 e. The van der Waals surface area contributed by atoms with Crippen LogP contribution in [0.5, 0.6) is 0 Å². The fourth-order valence-electron chi connectivity index (χ4n) is 2.72. The maximum atomic E-state index is 13.0. The number of rotatable bonds is 3. The zero-order valence-electron chi connectivity index (χ0n) is 12.6. The van der Waals surface area contributed by atoms with Crippen molar-refractivity contribution >= 4 is 0 Å². The molecule has 5 heteroatoms. The lowest BCUT2D eigenvalue weighted by Crippen LogP contribution is -2.26. The van der Waals surface area contributed by atoms with Gasteiger partial charge in [0.05, 0.1) is 5.41 Å². The Morgan fingerprint density at radius 2 is 1.70 bits per heavy atom. The van der Waals surface area contributed by atoms with E-state index in [1.54, 1.807) is 4.90 Å². The van der Waals surface area contributed by atoms with Crippen molar-refractivity contribution in [3.05, 3.63) is 0 Å². The van der Waals surface area contributed by atoms with Crippen LogP contribution < -0.4 is 0 Å². The van der Waals surface area contributed by atoms with Crippen LogP contribution in [0.3, 0.4) is 0 Å². The summed E-state index contributed by atoms with van der Waals surface area (Å²) in [5.74, 6) is -4.76. The summed E-state index contributed by atoms with van der Waals surface area (Å²) in [6.45, 7) is 7.81. The van der Waals surface area contributed by atoms with Crippen molar-refractivity contribution in [3.63, 3.8) is 0 Å². The molecule has 2 aliphatic carbocycles. The van der Waals surface area contributed by atoms with E-state index < -0.39 is 23.2 Å². The number of halogens is 4. The first-order valence-corrected chi connectivity index (χ1v) is 7.60. The normalized spacial score (nSPS) is 36.9. The van der Waals surface area contributed by atoms with E-state index in [9.17, 15) is 17.6 Å². The maximum Gasteiger partial charge on any atom is 0.255 e. The molecular formula is C15H25F4N. The maximum absolute atomic E-state index is 13.0. The molecule has 0 radical (unpaired) electrons. The molecule has 118 valence electrons. The molecular weight excluding hydrogens is 270 g/mol. The van der Waals surface area contributed by atoms with Gasteiger partial charge in [-0.2, -0.15) is 0 Å². The summed E-state index contributed by atoms with van der Waals surface area (Å²) in [5, 5.41) is 0. The molecule has 0 N–H and O–H groups in total. The van der Waals surface area contributed by atoms with Gasteiger partial charge in [-0.15, -0.1) is 0 Å². The fraction of sp³-hybridized carbons (Fsp3) is 1.00. The van der Waals surface area contributed by atoms with Gasteiger partial charge < -0.3 is 4.90 Å². The molecule has 2 unspecified atom stereocenters. The minimum atomic E-state index is -2.53. The molecule has 2 atom stereocenters. The second kappa shape index (κ2) is 5.15. The average molecular weight is 295 g/mol. The molecule has 0 amide bonds. The molecule has 0 aromatic carbocycles. The Morgan fingerprint density at radius 1 is 1.20 bits per heavy atom. The number of alkyl halides is 4. The zero-order valence-corrected chi connectivity index (χ0v) is 12.6. The lowest BCUT2D eigenvalue weighted by Gasteiger charge is -2.15. The molecule has 3 aliphatic rings. The van der Waals surface area contributed by atoms with Gasteiger partial charge in [-0.1, -0.05) is 27.2 Å². The number of likely N-dealkylation sites (tertiary alicyclic amines) is 1. The SMILES string of the molecule is CCC(C)C.FC1(F)CC1CN1CCC2(C1)CC2(F)F. The van der Waals surface area contributed by atoms with Crippen LogP contribution in [0.1, 0.15) is 46.5 Å². The van der Waals surface area contributed by atoms with E-state index in [0.29, 0.717) is 26.1 Å². The van der Waals surface area contributed by atoms with Crippen molar-refractivity contribution in [2.24, 2.45) is 17.3 Å². The van der Waals surface area contributed by atoms with Crippen molar-refractivity contribution < 1.29 is 17.6 Å². The largest absolute Gasteiger partial charge is 0.302 e. The molecule has 1 nitrogen and oxygen atoms in total. The molecule has 3 rings (SSSR count). The van der Waals surface area contributed by atoms with Gasteiger partial charge >= 0.3 is 0 Å². The molecule has 1 heterocycles. The van der Waals surface area contributed by atoms with Crippen molar-refractivity contribution in [2.75, 3.05) is 19.6 Å². The van der Waals surface area contributed by atoms with Crippen LogP contribution in [-0.4, -0.2) is 36.4 Å². The van der Waals surface area contributed by atoms with Gasteiger partial charge in [-0.25, -0.2) is 17.6 Å². The molecule has 0 aromatic heterocycles. The Morgan fingerprint density at radius 3 is 2.00 bits per heavy atom. The van der Waals surface area contributed by atoms with Gasteiger partial charge in [0.2, 0.25) is 0 Å². The lowest BCUT2D eigenvalue weighted by molar-refractivity contribution is 0.0636. The average Bonchev–Trinajstić information content (AvgIpc) is 2.98. The van der Waals surface area contributed by atoms with Crippen molar-refractivity contribution in [1.82, 2.24) is 4.90 Å². The summed E-state index contributed by atoms with van der Waals surface area (Å²) >= 11 is 0. The summed E-state index contributed by atoms with van der Waals surface area (Å²) in [6, 6.07) is 0. The third kappa shape index (κ3) is 3.29. The Labute approximate surface area is 118 Å². The Kier molecular flexibility index (Phi) is 4.13. The highest BCUT2D eigenvalue weighted by atomic mass is 19.3. The number of hydrogen-bond donors (Lipinski definition) is 0. The highest BCUT2D eigenvalue weighted by Gasteiger charge is 2.72. The van der Waals surface area contributed by atoms with E-state index in [4.69, 9.17) is 0 Å². The van der Waals surface area contributed by atoms with Crippen LogP contribution in [0.25, 0.3) is 0 Å². The van der Waals surface area contributed by atoms with Gasteiger partial charge in [0, 0.05) is 31.8 Å². The Balaban J connectivity index is 0.000000257. The van der Waals surface area contributed by atoms with Gasteiger partial charge in [-0.05, 0) is 18.9 Å². The molecule has 1 aliphatic heterocycles. The summed E-state index contributed by atoms with van der Waals surface area (Å²) in [7, 11) is 0. The Bertz CT molecular complexity index is 356. The molecule has 0 aromatic rings. The summed E-state index contributed by atoms with van der Waals surface area (Å²) in [6.07, 6.45) is 1.67. The Hall–Kier alpha value is -0.320. The first-order valence-electron chi connectivity index (χ1n) is 7.60. The van der Waals surface area contributed by atoms with Crippen molar-refractivity contribution in [1.29, 1.82) is 0 Å². The van der Waals surface area contributed by atoms with Crippen molar-refractivity contribution in [2.45, 2.75) is 58.3 Å². The fourth-order valence-corrected chi connectivity index (χ4v) is 2.72. The second-order valence-corrected chi connectivity index (χ2v) is 7.11. The first-order chi connectivity index (χ1) is 9.12. The molecule has 1 spiro atoms. The van der Waals surface area contributed by atoms with E-state index >= 15 is 0 Å². The van der Waals surface area contributed by atoms with E-state index in [1.807, 2.05) is 0 Å². The van der Waals surface area contributed by atoms with Gasteiger partial charge in [0.15, 0.2) is 0 Å². The quantitative estimate of drug-likeness (QED) is 0.696. The van der Waals surface area contributed by atoms with E-state index in [1.165, 1.54) is 6.42 Å². The second-order valence-electron chi connectivity index (χ2n) is 7.11. The highest BCUT2D eigenvalue weighted by molar-refractivity contribution is 5.15. The van der Waals surface area contributed by atoms with Crippen LogP contribution in [0.2, 0.25) is 0 Å². The predicted molar refractivity (Wildman–Crippen MR) is 71.2 cm³/mol. The topological polar surface area (TPSA) is 3.24 Å². The van der Waals surface area contributed by atoms with Crippen LogP contribution in [0, 0.1) is 17.3 Å². The monoisotopic (exact) mass is 295 g/mol. The molecule has 20 heavy (non-hydrogen) atoms. The van der Waals surface area contributed by atoms with E-state index in [0.717, 1.165) is 5.92 Å². The summed E-state index contributed by atoms with van der Waals surface area (Å²) in [4.78, 5) is 1.78. The summed E-state index contributed by atoms with van der Waals surface area (Å²) < 4.78 is 51.3. The standard InChI is InChI=1S/C10H13F4N.C5H12/c11-9(12)3-7(9)4-15-2-1-8(6-15)5-10(8,13)14;1-4-5(2)3/h7H,1-6H2;5H,4H2,1-3H3. The lowest BCUT2D eigenvalue weighted by atomic mass is 10.1. The van der Waals surface area contributed by atoms with Crippen molar-refractivity contribution in [3.8, 4) is 0 Å². The third-order valence-electron chi connectivity index (χ3n) is 4.89. The van der Waals surface area contributed by atoms with Crippen LogP contribution in [0.4, 0.5) is 17.6 Å². The molecule has 1 saturated heterocycles.